The summed E-state index contributed by atoms with van der Waals surface area (Å²) in [6.45, 7) is 6.07. The zero-order chi connectivity index (χ0) is 13.2. The van der Waals surface area contributed by atoms with Gasteiger partial charge >= 0.3 is 6.09 Å². The minimum absolute atomic E-state index is 0.0467. The summed E-state index contributed by atoms with van der Waals surface area (Å²) in [7, 11) is 0. The molecule has 0 saturated carbocycles. The van der Waals surface area contributed by atoms with Gasteiger partial charge in [-0.3, -0.25) is 4.90 Å². The highest BCUT2D eigenvalue weighted by atomic mass is 16.4. The lowest BCUT2D eigenvalue weighted by Crippen LogP contribution is -2.43. The summed E-state index contributed by atoms with van der Waals surface area (Å²) in [6.07, 6.45) is -0.0536. The molecule has 0 aromatic heterocycles. The molecule has 2 rings (SSSR count). The van der Waals surface area contributed by atoms with Crippen LogP contribution in [-0.4, -0.2) is 35.2 Å². The normalized spacial score (nSPS) is 20.9. The second kappa shape index (κ2) is 4.98. The fourth-order valence-corrected chi connectivity index (χ4v) is 2.59. The average molecular weight is 248 g/mol. The average Bonchev–Trinajstić information content (AvgIpc) is 2.78. The molecule has 1 fully saturated rings. The predicted octanol–water partition coefficient (Wildman–Crippen LogP) is 2.26. The zero-order valence-electron chi connectivity index (χ0n) is 10.9. The van der Waals surface area contributed by atoms with Gasteiger partial charge in [-0.2, -0.15) is 0 Å². The number of rotatable bonds is 3. The molecule has 0 aliphatic carbocycles. The number of likely N-dealkylation sites (tertiary alicyclic amines) is 1. The second-order valence-electron chi connectivity index (χ2n) is 5.31. The van der Waals surface area contributed by atoms with Gasteiger partial charge in [0.25, 0.3) is 0 Å². The Balaban J connectivity index is 2.06. The summed E-state index contributed by atoms with van der Waals surface area (Å²) in [5, 5.41) is 11.3. The van der Waals surface area contributed by atoms with Crippen LogP contribution in [0.25, 0.3) is 0 Å². The van der Waals surface area contributed by atoms with Gasteiger partial charge in [0.15, 0.2) is 0 Å². The molecular formula is C14H20N2O2. The number of hydrogen-bond donors (Lipinski definition) is 2. The van der Waals surface area contributed by atoms with Crippen LogP contribution < -0.4 is 5.32 Å². The molecule has 0 bridgehead atoms. The van der Waals surface area contributed by atoms with Crippen LogP contribution in [0, 0.1) is 0 Å². The number of carboxylic acid groups (broad SMARTS) is 1. The Hall–Kier alpha value is -1.55. The van der Waals surface area contributed by atoms with E-state index in [-0.39, 0.29) is 11.6 Å². The monoisotopic (exact) mass is 248 g/mol. The summed E-state index contributed by atoms with van der Waals surface area (Å²) >= 11 is 0. The van der Waals surface area contributed by atoms with E-state index in [2.05, 4.69) is 36.2 Å². The number of amides is 1. The van der Waals surface area contributed by atoms with Gasteiger partial charge in [0.1, 0.15) is 0 Å². The highest BCUT2D eigenvalue weighted by Gasteiger charge is 2.34. The van der Waals surface area contributed by atoms with E-state index in [9.17, 15) is 4.79 Å². The van der Waals surface area contributed by atoms with Gasteiger partial charge in [-0.05, 0) is 25.8 Å². The Labute approximate surface area is 108 Å². The molecule has 4 heteroatoms. The second-order valence-corrected chi connectivity index (χ2v) is 5.31. The largest absolute Gasteiger partial charge is 0.465 e. The van der Waals surface area contributed by atoms with E-state index in [1.165, 1.54) is 5.56 Å². The van der Waals surface area contributed by atoms with Crippen molar-refractivity contribution in [2.75, 3.05) is 13.1 Å². The van der Waals surface area contributed by atoms with E-state index in [0.717, 1.165) is 19.5 Å². The van der Waals surface area contributed by atoms with Gasteiger partial charge < -0.3 is 10.4 Å². The van der Waals surface area contributed by atoms with E-state index in [1.54, 1.807) is 0 Å². The number of benzene rings is 1. The van der Waals surface area contributed by atoms with Gasteiger partial charge in [0.05, 0.1) is 0 Å². The summed E-state index contributed by atoms with van der Waals surface area (Å²) in [4.78, 5) is 13.0. The van der Waals surface area contributed by atoms with Gasteiger partial charge in [-0.25, -0.2) is 4.79 Å². The van der Waals surface area contributed by atoms with Crippen LogP contribution in [0.15, 0.2) is 30.3 Å². The third-order valence-corrected chi connectivity index (χ3v) is 3.79. The Morgan fingerprint density at radius 2 is 2.06 bits per heavy atom. The minimum Gasteiger partial charge on any atom is -0.465 e. The Bertz CT molecular complexity index is 417. The Morgan fingerprint density at radius 3 is 2.67 bits per heavy atom. The van der Waals surface area contributed by atoms with Crippen LogP contribution in [0.1, 0.15) is 25.8 Å². The third-order valence-electron chi connectivity index (χ3n) is 3.79. The Kier molecular flexibility index (Phi) is 3.57. The van der Waals surface area contributed by atoms with Crippen molar-refractivity contribution in [2.24, 2.45) is 0 Å². The first-order chi connectivity index (χ1) is 8.50. The molecule has 1 heterocycles. The minimum atomic E-state index is -0.931. The van der Waals surface area contributed by atoms with Crippen LogP contribution in [-0.2, 0) is 5.54 Å². The van der Waals surface area contributed by atoms with Crippen molar-refractivity contribution in [3.8, 4) is 0 Å². The molecule has 1 aromatic rings. The van der Waals surface area contributed by atoms with Crippen molar-refractivity contribution in [3.63, 3.8) is 0 Å². The smallest absolute Gasteiger partial charge is 0.404 e. The first kappa shape index (κ1) is 12.9. The summed E-state index contributed by atoms with van der Waals surface area (Å²) in [5.74, 6) is 0. The van der Waals surface area contributed by atoms with E-state index in [1.807, 2.05) is 18.2 Å². The van der Waals surface area contributed by atoms with Crippen molar-refractivity contribution >= 4 is 6.09 Å². The highest BCUT2D eigenvalue weighted by molar-refractivity contribution is 5.64. The first-order valence-corrected chi connectivity index (χ1v) is 6.30. The molecule has 0 spiro atoms. The van der Waals surface area contributed by atoms with Crippen molar-refractivity contribution in [3.05, 3.63) is 35.9 Å². The summed E-state index contributed by atoms with van der Waals surface area (Å²) in [6, 6.07) is 10.4. The maximum atomic E-state index is 10.7. The quantitative estimate of drug-likeness (QED) is 0.862. The van der Waals surface area contributed by atoms with E-state index >= 15 is 0 Å². The Morgan fingerprint density at radius 1 is 1.39 bits per heavy atom. The topological polar surface area (TPSA) is 52.6 Å². The van der Waals surface area contributed by atoms with Gasteiger partial charge in [0, 0.05) is 24.7 Å². The maximum Gasteiger partial charge on any atom is 0.404 e. The van der Waals surface area contributed by atoms with E-state index in [0.29, 0.717) is 0 Å². The van der Waals surface area contributed by atoms with Crippen molar-refractivity contribution in [2.45, 2.75) is 31.8 Å². The van der Waals surface area contributed by atoms with Crippen LogP contribution in [0.3, 0.4) is 0 Å². The summed E-state index contributed by atoms with van der Waals surface area (Å²) < 4.78 is 0. The number of carbonyl (C=O) groups is 1. The number of nitrogens with one attached hydrogen (secondary N) is 1. The lowest BCUT2D eigenvalue weighted by atomic mass is 9.92. The molecule has 18 heavy (non-hydrogen) atoms. The molecule has 1 aliphatic heterocycles. The number of nitrogens with zero attached hydrogens (tertiary/aromatic N) is 1. The molecule has 2 N–H and O–H groups in total. The SMILES string of the molecule is CC(C)(c1ccccc1)N1CC[C@H](NC(=O)O)C1. The molecule has 1 aliphatic rings. The molecule has 1 saturated heterocycles. The fraction of sp³-hybridized carbons (Fsp3) is 0.500. The maximum absolute atomic E-state index is 10.7. The van der Waals surface area contributed by atoms with Crippen molar-refractivity contribution < 1.29 is 9.90 Å². The standard InChI is InChI=1S/C14H20N2O2/c1-14(2,11-6-4-3-5-7-11)16-9-8-12(10-16)15-13(17)18/h3-7,12,15H,8-10H2,1-2H3,(H,17,18)/t12-/m0/s1. The molecular weight excluding hydrogens is 228 g/mol. The molecule has 0 radical (unpaired) electrons. The van der Waals surface area contributed by atoms with Crippen LogP contribution in [0.2, 0.25) is 0 Å². The fourth-order valence-electron chi connectivity index (χ4n) is 2.59. The van der Waals surface area contributed by atoms with Crippen molar-refractivity contribution in [1.82, 2.24) is 10.2 Å². The zero-order valence-corrected chi connectivity index (χ0v) is 10.9. The van der Waals surface area contributed by atoms with Gasteiger partial charge in [0.2, 0.25) is 0 Å². The van der Waals surface area contributed by atoms with Crippen LogP contribution in [0.4, 0.5) is 4.79 Å². The van der Waals surface area contributed by atoms with Crippen LogP contribution >= 0.6 is 0 Å². The van der Waals surface area contributed by atoms with E-state index in [4.69, 9.17) is 5.11 Å². The van der Waals surface area contributed by atoms with Crippen molar-refractivity contribution in [1.29, 1.82) is 0 Å². The van der Waals surface area contributed by atoms with Gasteiger partial charge in [-0.1, -0.05) is 30.3 Å². The summed E-state index contributed by atoms with van der Waals surface area (Å²) in [5.41, 5.74) is 1.21. The number of hydrogen-bond acceptors (Lipinski definition) is 2. The van der Waals surface area contributed by atoms with Gasteiger partial charge in [-0.15, -0.1) is 0 Å². The first-order valence-electron chi connectivity index (χ1n) is 6.30. The third kappa shape index (κ3) is 2.64. The molecule has 1 atom stereocenters. The predicted molar refractivity (Wildman–Crippen MR) is 70.6 cm³/mol. The molecule has 0 unspecified atom stereocenters. The molecule has 1 amide bonds. The molecule has 98 valence electrons. The lowest BCUT2D eigenvalue weighted by molar-refractivity contribution is 0.149. The molecule has 4 nitrogen and oxygen atoms in total. The van der Waals surface area contributed by atoms with E-state index < -0.39 is 6.09 Å². The lowest BCUT2D eigenvalue weighted by Gasteiger charge is -2.36. The highest BCUT2D eigenvalue weighted by Crippen LogP contribution is 2.30. The van der Waals surface area contributed by atoms with Crippen LogP contribution in [0.5, 0.6) is 0 Å². The molecule has 1 aromatic carbocycles.